The van der Waals surface area contributed by atoms with Crippen molar-refractivity contribution in [3.8, 4) is 0 Å². The summed E-state index contributed by atoms with van der Waals surface area (Å²) in [4.78, 5) is 0. The molecule has 0 unspecified atom stereocenters. The Kier molecular flexibility index (Phi) is 3.18. The Hall–Kier alpha value is -1.18. The average molecular weight is 181 g/mol. The molecule has 0 bridgehead atoms. The standard InChI is InChI=1S/C11H11F2/c1-3-5-8(2)9-6-4-7-10(12)11(9)13/h3-4,6-7H,1,5H2,2H3. The molecular formula is C11H11F2. The minimum Gasteiger partial charge on any atom is -0.204 e. The first-order valence-electron chi connectivity index (χ1n) is 4.04. The second-order valence-corrected chi connectivity index (χ2v) is 2.87. The van der Waals surface area contributed by atoms with Gasteiger partial charge in [-0.25, -0.2) is 8.78 Å². The zero-order valence-corrected chi connectivity index (χ0v) is 7.48. The highest BCUT2D eigenvalue weighted by Gasteiger charge is 2.12. The van der Waals surface area contributed by atoms with E-state index in [-0.39, 0.29) is 0 Å². The van der Waals surface area contributed by atoms with Gasteiger partial charge in [0.2, 0.25) is 0 Å². The van der Waals surface area contributed by atoms with Gasteiger partial charge >= 0.3 is 0 Å². The molecule has 1 aromatic carbocycles. The number of hydrogen-bond donors (Lipinski definition) is 0. The van der Waals surface area contributed by atoms with Crippen molar-refractivity contribution in [1.29, 1.82) is 0 Å². The maximum Gasteiger partial charge on any atom is 0.162 e. The van der Waals surface area contributed by atoms with Crippen LogP contribution < -0.4 is 0 Å². The number of hydrogen-bond acceptors (Lipinski definition) is 0. The fourth-order valence-electron chi connectivity index (χ4n) is 1.16. The minimum atomic E-state index is -0.805. The number of allylic oxidation sites excluding steroid dienone is 1. The molecule has 0 aliphatic rings. The maximum absolute atomic E-state index is 13.1. The van der Waals surface area contributed by atoms with E-state index < -0.39 is 11.6 Å². The first-order chi connectivity index (χ1) is 6.16. The molecule has 0 nitrogen and oxygen atoms in total. The van der Waals surface area contributed by atoms with E-state index in [1.165, 1.54) is 6.07 Å². The average Bonchev–Trinajstić information content (AvgIpc) is 2.10. The first kappa shape index (κ1) is 9.90. The zero-order valence-electron chi connectivity index (χ0n) is 7.48. The largest absolute Gasteiger partial charge is 0.204 e. The molecule has 0 heterocycles. The van der Waals surface area contributed by atoms with Gasteiger partial charge in [0.25, 0.3) is 0 Å². The van der Waals surface area contributed by atoms with Crippen molar-refractivity contribution in [2.45, 2.75) is 13.3 Å². The predicted octanol–water partition coefficient (Wildman–Crippen LogP) is 3.48. The number of rotatable bonds is 3. The predicted molar refractivity (Wildman–Crippen MR) is 49.2 cm³/mol. The molecule has 0 aromatic heterocycles. The molecular weight excluding hydrogens is 170 g/mol. The first-order valence-corrected chi connectivity index (χ1v) is 4.04. The summed E-state index contributed by atoms with van der Waals surface area (Å²) in [6, 6.07) is 4.18. The molecule has 0 saturated carbocycles. The van der Waals surface area contributed by atoms with Crippen molar-refractivity contribution in [3.05, 3.63) is 54.0 Å². The summed E-state index contributed by atoms with van der Waals surface area (Å²) in [6.45, 7) is 5.30. The third kappa shape index (κ3) is 2.14. The van der Waals surface area contributed by atoms with Gasteiger partial charge in [-0.2, -0.15) is 0 Å². The molecule has 0 spiro atoms. The summed E-state index contributed by atoms with van der Waals surface area (Å²) in [6.07, 6.45) is 2.24. The Balaban J connectivity index is 3.00. The van der Waals surface area contributed by atoms with Crippen LogP contribution in [0.2, 0.25) is 0 Å². The third-order valence-electron chi connectivity index (χ3n) is 1.86. The van der Waals surface area contributed by atoms with E-state index >= 15 is 0 Å². The lowest BCUT2D eigenvalue weighted by Gasteiger charge is -2.09. The van der Waals surface area contributed by atoms with Crippen molar-refractivity contribution < 1.29 is 8.78 Å². The van der Waals surface area contributed by atoms with Crippen LogP contribution in [-0.2, 0) is 0 Å². The Morgan fingerprint density at radius 3 is 2.77 bits per heavy atom. The van der Waals surface area contributed by atoms with E-state index in [9.17, 15) is 8.78 Å². The van der Waals surface area contributed by atoms with Crippen LogP contribution in [-0.4, -0.2) is 0 Å². The van der Waals surface area contributed by atoms with Gasteiger partial charge in [0, 0.05) is 5.92 Å². The summed E-state index contributed by atoms with van der Waals surface area (Å²) in [5.41, 5.74) is 0.333. The van der Waals surface area contributed by atoms with E-state index in [1.54, 1.807) is 19.1 Å². The fourth-order valence-corrected chi connectivity index (χ4v) is 1.16. The van der Waals surface area contributed by atoms with Gasteiger partial charge < -0.3 is 0 Å². The summed E-state index contributed by atoms with van der Waals surface area (Å²) in [5.74, 6) is -0.797. The van der Waals surface area contributed by atoms with Crippen LogP contribution in [0.1, 0.15) is 18.9 Å². The van der Waals surface area contributed by atoms with E-state index in [0.717, 1.165) is 12.0 Å². The molecule has 1 aromatic rings. The highest BCUT2D eigenvalue weighted by molar-refractivity contribution is 5.32. The molecule has 69 valence electrons. The SMILES string of the molecule is C=CC[C](C)c1cccc(F)c1F. The Labute approximate surface area is 76.9 Å². The van der Waals surface area contributed by atoms with Crippen LogP contribution in [0.4, 0.5) is 8.78 Å². The molecule has 0 atom stereocenters. The Morgan fingerprint density at radius 2 is 2.15 bits per heavy atom. The van der Waals surface area contributed by atoms with Crippen LogP contribution in [0.3, 0.4) is 0 Å². The normalized spacial score (nSPS) is 10.5. The Morgan fingerprint density at radius 1 is 1.46 bits per heavy atom. The molecule has 0 fully saturated rings. The van der Waals surface area contributed by atoms with E-state index in [0.29, 0.717) is 12.0 Å². The van der Waals surface area contributed by atoms with Crippen LogP contribution >= 0.6 is 0 Å². The molecule has 1 rings (SSSR count). The van der Waals surface area contributed by atoms with Crippen LogP contribution in [0, 0.1) is 17.6 Å². The smallest absolute Gasteiger partial charge is 0.162 e. The molecule has 13 heavy (non-hydrogen) atoms. The van der Waals surface area contributed by atoms with Crippen molar-refractivity contribution in [2.75, 3.05) is 0 Å². The molecule has 0 N–H and O–H groups in total. The van der Waals surface area contributed by atoms with Gasteiger partial charge in [-0.1, -0.05) is 25.1 Å². The highest BCUT2D eigenvalue weighted by atomic mass is 19.2. The summed E-state index contributed by atoms with van der Waals surface area (Å²) in [5, 5.41) is 0. The molecule has 0 aliphatic carbocycles. The van der Waals surface area contributed by atoms with E-state index in [1.807, 2.05) is 0 Å². The van der Waals surface area contributed by atoms with Gasteiger partial charge in [-0.15, -0.1) is 6.58 Å². The molecule has 0 aliphatic heterocycles. The van der Waals surface area contributed by atoms with E-state index in [2.05, 4.69) is 6.58 Å². The summed E-state index contributed by atoms with van der Waals surface area (Å²) in [7, 11) is 0. The molecule has 2 heteroatoms. The van der Waals surface area contributed by atoms with Gasteiger partial charge in [-0.3, -0.25) is 0 Å². The van der Waals surface area contributed by atoms with Gasteiger partial charge in [0.1, 0.15) is 0 Å². The van der Waals surface area contributed by atoms with Crippen LogP contribution in [0.25, 0.3) is 0 Å². The summed E-state index contributed by atoms with van der Waals surface area (Å²) < 4.78 is 25.9. The van der Waals surface area contributed by atoms with Crippen molar-refractivity contribution >= 4 is 0 Å². The van der Waals surface area contributed by atoms with Gasteiger partial charge in [-0.05, 0) is 18.1 Å². The zero-order chi connectivity index (χ0) is 9.84. The second-order valence-electron chi connectivity index (χ2n) is 2.87. The summed E-state index contributed by atoms with van der Waals surface area (Å²) >= 11 is 0. The van der Waals surface area contributed by atoms with Crippen molar-refractivity contribution in [3.63, 3.8) is 0 Å². The second kappa shape index (κ2) is 4.17. The lowest BCUT2D eigenvalue weighted by atomic mass is 9.97. The maximum atomic E-state index is 13.1. The van der Waals surface area contributed by atoms with Gasteiger partial charge in [0.05, 0.1) is 0 Å². The molecule has 0 amide bonds. The number of benzene rings is 1. The number of halogens is 2. The van der Waals surface area contributed by atoms with Crippen molar-refractivity contribution in [1.82, 2.24) is 0 Å². The van der Waals surface area contributed by atoms with Gasteiger partial charge in [0.15, 0.2) is 11.6 Å². The molecule has 1 radical (unpaired) electrons. The minimum absolute atomic E-state index is 0.333. The monoisotopic (exact) mass is 181 g/mol. The van der Waals surface area contributed by atoms with Crippen molar-refractivity contribution in [2.24, 2.45) is 0 Å². The molecule has 0 saturated heterocycles. The topological polar surface area (TPSA) is 0 Å². The van der Waals surface area contributed by atoms with Crippen LogP contribution in [0.15, 0.2) is 30.9 Å². The lowest BCUT2D eigenvalue weighted by Crippen LogP contribution is -1.99. The van der Waals surface area contributed by atoms with E-state index in [4.69, 9.17) is 0 Å². The highest BCUT2D eigenvalue weighted by Crippen LogP contribution is 2.22. The van der Waals surface area contributed by atoms with Crippen LogP contribution in [0.5, 0.6) is 0 Å². The lowest BCUT2D eigenvalue weighted by molar-refractivity contribution is 0.501. The Bertz CT molecular complexity index is 305. The quantitative estimate of drug-likeness (QED) is 0.626. The third-order valence-corrected chi connectivity index (χ3v) is 1.86. The fraction of sp³-hybridized carbons (Fsp3) is 0.182.